The van der Waals surface area contributed by atoms with Crippen LogP contribution in [-0.2, 0) is 6.54 Å². The molecule has 0 radical (unpaired) electrons. The Bertz CT molecular complexity index is 685. The summed E-state index contributed by atoms with van der Waals surface area (Å²) in [6, 6.07) is 5.85. The molecule has 0 atom stereocenters. The molecule has 0 aliphatic carbocycles. The molecule has 3 rings (SSSR count). The molecular weight excluding hydrogens is 272 g/mol. The second kappa shape index (κ2) is 5.34. The number of H-pyrrole nitrogens is 1. The number of nitrogens with zero attached hydrogens (tertiary/aromatic N) is 3. The van der Waals surface area contributed by atoms with Crippen molar-refractivity contribution in [1.29, 1.82) is 0 Å². The summed E-state index contributed by atoms with van der Waals surface area (Å²) in [5, 5.41) is 8.58. The molecule has 0 saturated heterocycles. The van der Waals surface area contributed by atoms with Crippen molar-refractivity contribution in [3.63, 3.8) is 0 Å². The van der Waals surface area contributed by atoms with Crippen LogP contribution in [0.1, 0.15) is 15.2 Å². The Balaban J connectivity index is 1.82. The summed E-state index contributed by atoms with van der Waals surface area (Å²) in [5.74, 6) is 0.0184. The smallest absolute Gasteiger partial charge is 0.266 e. The summed E-state index contributed by atoms with van der Waals surface area (Å²) < 4.78 is 1.95. The van der Waals surface area contributed by atoms with Crippen LogP contribution in [0.5, 0.6) is 0 Å². The first kappa shape index (κ1) is 12.7. The lowest BCUT2D eigenvalue weighted by atomic mass is 10.3. The van der Waals surface area contributed by atoms with Gasteiger partial charge >= 0.3 is 0 Å². The van der Waals surface area contributed by atoms with Gasteiger partial charge in [0, 0.05) is 37.7 Å². The molecule has 0 unspecified atom stereocenters. The van der Waals surface area contributed by atoms with E-state index in [-0.39, 0.29) is 5.91 Å². The van der Waals surface area contributed by atoms with Crippen LogP contribution in [0.3, 0.4) is 0 Å². The molecule has 20 heavy (non-hydrogen) atoms. The zero-order chi connectivity index (χ0) is 13.9. The minimum Gasteiger partial charge on any atom is -0.336 e. The molecule has 0 aliphatic rings. The van der Waals surface area contributed by atoms with Crippen molar-refractivity contribution >= 4 is 17.2 Å². The van der Waals surface area contributed by atoms with Gasteiger partial charge < -0.3 is 9.47 Å². The van der Waals surface area contributed by atoms with Crippen LogP contribution in [0.15, 0.2) is 48.4 Å². The highest BCUT2D eigenvalue weighted by Crippen LogP contribution is 2.23. The molecule has 1 amide bonds. The number of carbonyl (C=O) groups excluding carboxylic acids is 1. The summed E-state index contributed by atoms with van der Waals surface area (Å²) in [4.78, 5) is 15.0. The first-order valence-electron chi connectivity index (χ1n) is 6.19. The number of aromatic nitrogens is 3. The van der Waals surface area contributed by atoms with E-state index in [1.54, 1.807) is 24.3 Å². The quantitative estimate of drug-likeness (QED) is 0.801. The van der Waals surface area contributed by atoms with E-state index < -0.39 is 0 Å². The number of thiophene rings is 1. The van der Waals surface area contributed by atoms with Crippen LogP contribution in [0, 0.1) is 0 Å². The molecule has 5 nitrogen and oxygen atoms in total. The molecule has 0 saturated carbocycles. The average Bonchev–Trinajstić information content (AvgIpc) is 3.18. The van der Waals surface area contributed by atoms with Gasteiger partial charge in [-0.1, -0.05) is 0 Å². The van der Waals surface area contributed by atoms with Gasteiger partial charge in [-0.3, -0.25) is 9.89 Å². The number of hydrogen-bond acceptors (Lipinski definition) is 3. The monoisotopic (exact) mass is 286 g/mol. The summed E-state index contributed by atoms with van der Waals surface area (Å²) in [6.07, 6.45) is 7.40. The Labute approximate surface area is 120 Å². The van der Waals surface area contributed by atoms with Gasteiger partial charge in [-0.2, -0.15) is 5.10 Å². The molecule has 0 aromatic carbocycles. The van der Waals surface area contributed by atoms with Crippen LogP contribution in [0.2, 0.25) is 0 Å². The zero-order valence-electron chi connectivity index (χ0n) is 11.0. The van der Waals surface area contributed by atoms with Crippen LogP contribution in [-0.4, -0.2) is 32.6 Å². The third-order valence-electron chi connectivity index (χ3n) is 3.04. The van der Waals surface area contributed by atoms with Crippen molar-refractivity contribution in [1.82, 2.24) is 19.7 Å². The average molecular weight is 286 g/mol. The Morgan fingerprint density at radius 1 is 1.45 bits per heavy atom. The predicted octanol–water partition coefficient (Wildman–Crippen LogP) is 2.53. The molecule has 6 heteroatoms. The normalized spacial score (nSPS) is 10.7. The van der Waals surface area contributed by atoms with E-state index in [2.05, 4.69) is 10.2 Å². The predicted molar refractivity (Wildman–Crippen MR) is 78.0 cm³/mol. The third kappa shape index (κ3) is 2.37. The minimum absolute atomic E-state index is 0.0184. The van der Waals surface area contributed by atoms with E-state index in [1.165, 1.54) is 11.3 Å². The molecule has 1 N–H and O–H groups in total. The largest absolute Gasteiger partial charge is 0.336 e. The van der Waals surface area contributed by atoms with Gasteiger partial charge in [-0.15, -0.1) is 11.3 Å². The maximum atomic E-state index is 12.5. The number of carbonyl (C=O) groups is 1. The van der Waals surface area contributed by atoms with Crippen molar-refractivity contribution in [2.24, 2.45) is 0 Å². The highest BCUT2D eigenvalue weighted by atomic mass is 32.1. The molecule has 0 fully saturated rings. The zero-order valence-corrected chi connectivity index (χ0v) is 11.8. The number of nitrogens with one attached hydrogen (secondary N) is 1. The van der Waals surface area contributed by atoms with Crippen LogP contribution >= 0.6 is 11.3 Å². The minimum atomic E-state index is 0.0184. The highest BCUT2D eigenvalue weighted by molar-refractivity contribution is 7.12. The van der Waals surface area contributed by atoms with E-state index in [0.717, 1.165) is 16.1 Å². The van der Waals surface area contributed by atoms with Crippen molar-refractivity contribution in [2.45, 2.75) is 6.54 Å². The summed E-state index contributed by atoms with van der Waals surface area (Å²) in [6.45, 7) is 0.540. The van der Waals surface area contributed by atoms with E-state index in [0.29, 0.717) is 6.54 Å². The molecule has 3 aromatic rings. The fraction of sp³-hybridized carbons (Fsp3) is 0.143. The maximum Gasteiger partial charge on any atom is 0.266 e. The van der Waals surface area contributed by atoms with Crippen molar-refractivity contribution < 1.29 is 4.79 Å². The Kier molecular flexibility index (Phi) is 3.39. The lowest BCUT2D eigenvalue weighted by Crippen LogP contribution is -2.26. The highest BCUT2D eigenvalue weighted by Gasteiger charge is 2.18. The van der Waals surface area contributed by atoms with Gasteiger partial charge in [0.2, 0.25) is 0 Å². The molecule has 3 aromatic heterocycles. The lowest BCUT2D eigenvalue weighted by molar-refractivity contribution is 0.0790. The van der Waals surface area contributed by atoms with Gasteiger partial charge in [-0.05, 0) is 23.6 Å². The van der Waals surface area contributed by atoms with Crippen LogP contribution in [0.25, 0.3) is 5.69 Å². The third-order valence-corrected chi connectivity index (χ3v) is 3.93. The second-order valence-electron chi connectivity index (χ2n) is 4.49. The fourth-order valence-corrected chi connectivity index (χ4v) is 2.93. The molecule has 0 aliphatic heterocycles. The molecule has 3 heterocycles. The Morgan fingerprint density at radius 2 is 2.25 bits per heavy atom. The van der Waals surface area contributed by atoms with Crippen LogP contribution in [0.4, 0.5) is 0 Å². The maximum absolute atomic E-state index is 12.5. The fourth-order valence-electron chi connectivity index (χ4n) is 2.04. The van der Waals surface area contributed by atoms with Crippen molar-refractivity contribution in [3.8, 4) is 5.69 Å². The lowest BCUT2D eigenvalue weighted by Gasteiger charge is -2.16. The van der Waals surface area contributed by atoms with E-state index in [1.807, 2.05) is 40.5 Å². The van der Waals surface area contributed by atoms with E-state index in [4.69, 9.17) is 0 Å². The first-order valence-corrected chi connectivity index (χ1v) is 7.07. The van der Waals surface area contributed by atoms with E-state index >= 15 is 0 Å². The number of rotatable bonds is 4. The molecule has 102 valence electrons. The number of aromatic amines is 1. The SMILES string of the molecule is CN(Cc1cn[nH]c1)C(=O)c1sccc1-n1cccc1. The van der Waals surface area contributed by atoms with Gasteiger partial charge in [-0.25, -0.2) is 0 Å². The first-order chi connectivity index (χ1) is 9.75. The number of amides is 1. The second-order valence-corrected chi connectivity index (χ2v) is 5.41. The van der Waals surface area contributed by atoms with Crippen LogP contribution < -0.4 is 0 Å². The molecule has 0 bridgehead atoms. The summed E-state index contributed by atoms with van der Waals surface area (Å²) in [5.41, 5.74) is 1.91. The molecular formula is C14H14N4OS. The van der Waals surface area contributed by atoms with Crippen molar-refractivity contribution in [3.05, 3.63) is 58.8 Å². The van der Waals surface area contributed by atoms with Gasteiger partial charge in [0.1, 0.15) is 4.88 Å². The topological polar surface area (TPSA) is 53.9 Å². The summed E-state index contributed by atoms with van der Waals surface area (Å²) in [7, 11) is 1.80. The number of hydrogen-bond donors (Lipinski definition) is 1. The summed E-state index contributed by atoms with van der Waals surface area (Å²) >= 11 is 1.46. The molecule has 0 spiro atoms. The standard InChI is InChI=1S/C14H14N4OS/c1-17(10-11-8-15-16-9-11)14(19)13-12(4-7-20-13)18-5-2-3-6-18/h2-9H,10H2,1H3,(H,15,16). The van der Waals surface area contributed by atoms with Gasteiger partial charge in [0.05, 0.1) is 11.9 Å². The van der Waals surface area contributed by atoms with Gasteiger partial charge in [0.25, 0.3) is 5.91 Å². The Morgan fingerprint density at radius 3 is 2.95 bits per heavy atom. The van der Waals surface area contributed by atoms with Crippen molar-refractivity contribution in [2.75, 3.05) is 7.05 Å². The van der Waals surface area contributed by atoms with Gasteiger partial charge in [0.15, 0.2) is 0 Å². The Hall–Kier alpha value is -2.34. The van der Waals surface area contributed by atoms with E-state index in [9.17, 15) is 4.79 Å².